The zero-order valence-electron chi connectivity index (χ0n) is 22.9. The summed E-state index contributed by atoms with van der Waals surface area (Å²) in [6, 6.07) is 31.4. The Kier molecular flexibility index (Phi) is 9.99. The molecule has 2 N–H and O–H groups in total. The van der Waals surface area contributed by atoms with Gasteiger partial charge in [-0.25, -0.2) is 4.79 Å². The third kappa shape index (κ3) is 8.23. The molecule has 1 unspecified atom stereocenters. The first-order chi connectivity index (χ1) is 20.2. The maximum absolute atomic E-state index is 14.6. The van der Waals surface area contributed by atoms with Crippen LogP contribution < -0.4 is 15.4 Å². The Morgan fingerprint density at radius 3 is 2.00 bits per heavy atom. The van der Waals surface area contributed by atoms with E-state index in [9.17, 15) is 23.2 Å². The summed E-state index contributed by atoms with van der Waals surface area (Å²) in [6.45, 7) is 1.18. The van der Waals surface area contributed by atoms with E-state index in [2.05, 4.69) is 5.32 Å². The Morgan fingerprint density at radius 1 is 0.738 bits per heavy atom. The van der Waals surface area contributed by atoms with Gasteiger partial charge < -0.3 is 20.1 Å². The van der Waals surface area contributed by atoms with Crippen LogP contribution in [0.5, 0.6) is 5.75 Å². The molecular weight excluding hydrogens is 542 g/mol. The number of hydrogen-bond donors (Lipinski definition) is 2. The lowest BCUT2D eigenvalue weighted by Crippen LogP contribution is -2.53. The van der Waals surface area contributed by atoms with E-state index < -0.39 is 29.7 Å². The molecule has 0 radical (unpaired) electrons. The van der Waals surface area contributed by atoms with Crippen LogP contribution in [0.3, 0.4) is 0 Å². The van der Waals surface area contributed by atoms with E-state index in [1.807, 2.05) is 59.9 Å². The van der Waals surface area contributed by atoms with Crippen LogP contribution in [0, 0.1) is 0 Å². The molecule has 4 aromatic rings. The van der Waals surface area contributed by atoms with Crippen molar-refractivity contribution in [1.29, 1.82) is 0 Å². The summed E-state index contributed by atoms with van der Waals surface area (Å²) < 4.78 is 40.0. The Labute approximate surface area is 242 Å². The molecule has 0 spiro atoms. The van der Waals surface area contributed by atoms with Crippen LogP contribution in [-0.2, 0) is 34.1 Å². The molecule has 9 heteroatoms. The number of nitrogens with one attached hydrogen (secondary N) is 2. The van der Waals surface area contributed by atoms with Crippen molar-refractivity contribution in [1.82, 2.24) is 10.6 Å². The number of ether oxygens (including phenoxy) is 2. The van der Waals surface area contributed by atoms with E-state index in [0.717, 1.165) is 23.6 Å². The number of rotatable bonds is 12. The van der Waals surface area contributed by atoms with E-state index >= 15 is 0 Å². The van der Waals surface area contributed by atoms with E-state index in [-0.39, 0.29) is 13.2 Å². The van der Waals surface area contributed by atoms with Gasteiger partial charge in [0.15, 0.2) is 0 Å². The van der Waals surface area contributed by atoms with Crippen LogP contribution >= 0.6 is 0 Å². The van der Waals surface area contributed by atoms with Gasteiger partial charge in [0, 0.05) is 6.54 Å². The fraction of sp³-hybridized carbons (Fsp3) is 0.182. The topological polar surface area (TPSA) is 93.7 Å². The molecule has 0 saturated heterocycles. The molecule has 0 aromatic heterocycles. The highest BCUT2D eigenvalue weighted by Crippen LogP contribution is 2.25. The standard InChI is InChI=1S/C33H30F2N2O5/c1-23(37-32(40)42-22-26-11-6-3-7-12-26)30(38)33(34,35)31(39)36-20-24-15-17-27(18-16-24)28-13-8-14-29(19-28)41-21-25-9-4-2-5-10-25/h2-19,23H,20-22H2,1H3,(H,36,39)(H,37,40). The number of Topliss-reactive ketones (excluding diaryl/α,β-unsaturated/α-hetero) is 1. The van der Waals surface area contributed by atoms with Gasteiger partial charge in [-0.3, -0.25) is 9.59 Å². The minimum atomic E-state index is -4.35. The Bertz CT molecular complexity index is 1500. The SMILES string of the molecule is CC(NC(=O)OCc1ccccc1)C(=O)C(F)(F)C(=O)NCc1ccc(-c2cccc(OCc3ccccc3)c2)cc1. The molecule has 0 aliphatic heterocycles. The van der Waals surface area contributed by atoms with Crippen LogP contribution in [0.15, 0.2) is 109 Å². The smallest absolute Gasteiger partial charge is 0.408 e. The maximum Gasteiger partial charge on any atom is 0.408 e. The van der Waals surface area contributed by atoms with Crippen molar-refractivity contribution in [3.63, 3.8) is 0 Å². The molecule has 2 amide bonds. The van der Waals surface area contributed by atoms with Crippen molar-refractivity contribution in [2.24, 2.45) is 0 Å². The number of ketones is 1. The lowest BCUT2D eigenvalue weighted by Gasteiger charge is -2.19. The van der Waals surface area contributed by atoms with Gasteiger partial charge in [0.05, 0.1) is 6.04 Å². The van der Waals surface area contributed by atoms with Crippen molar-refractivity contribution < 1.29 is 32.6 Å². The lowest BCUT2D eigenvalue weighted by atomic mass is 10.0. The van der Waals surface area contributed by atoms with Crippen molar-refractivity contribution in [3.05, 3.63) is 126 Å². The number of alkyl carbamates (subject to hydrolysis) is 1. The van der Waals surface area contributed by atoms with Gasteiger partial charge in [0.25, 0.3) is 5.91 Å². The number of hydrogen-bond acceptors (Lipinski definition) is 5. The third-order valence-corrected chi connectivity index (χ3v) is 6.36. The summed E-state index contributed by atoms with van der Waals surface area (Å²) in [5, 5.41) is 4.15. The van der Waals surface area contributed by atoms with Gasteiger partial charge >= 0.3 is 12.0 Å². The number of amides is 2. The average Bonchev–Trinajstić information content (AvgIpc) is 3.02. The zero-order chi connectivity index (χ0) is 30.0. The summed E-state index contributed by atoms with van der Waals surface area (Å²) in [6.07, 6.45) is -1.05. The van der Waals surface area contributed by atoms with Gasteiger partial charge in [-0.1, -0.05) is 97.1 Å². The van der Waals surface area contributed by atoms with Crippen molar-refractivity contribution in [2.75, 3.05) is 0 Å². The quantitative estimate of drug-likeness (QED) is 0.201. The fourth-order valence-electron chi connectivity index (χ4n) is 4.01. The van der Waals surface area contributed by atoms with Crippen LogP contribution in [0.1, 0.15) is 23.6 Å². The molecule has 216 valence electrons. The maximum atomic E-state index is 14.6. The summed E-state index contributed by atoms with van der Waals surface area (Å²) >= 11 is 0. The molecule has 0 aliphatic rings. The molecule has 7 nitrogen and oxygen atoms in total. The first-order valence-corrected chi connectivity index (χ1v) is 13.3. The first-order valence-electron chi connectivity index (χ1n) is 13.3. The Hall–Kier alpha value is -5.05. The minimum absolute atomic E-state index is 0.100. The molecule has 4 aromatic carbocycles. The van der Waals surface area contributed by atoms with E-state index in [4.69, 9.17) is 9.47 Å². The second kappa shape index (κ2) is 14.0. The molecule has 1 atom stereocenters. The number of carbonyl (C=O) groups excluding carboxylic acids is 3. The van der Waals surface area contributed by atoms with Crippen LogP contribution in [-0.4, -0.2) is 29.7 Å². The van der Waals surface area contributed by atoms with Crippen LogP contribution in [0.4, 0.5) is 13.6 Å². The number of benzene rings is 4. The molecule has 0 aliphatic carbocycles. The van der Waals surface area contributed by atoms with Gasteiger partial charge in [-0.2, -0.15) is 8.78 Å². The highest BCUT2D eigenvalue weighted by Gasteiger charge is 2.49. The number of carbonyl (C=O) groups is 3. The average molecular weight is 573 g/mol. The second-order valence-corrected chi connectivity index (χ2v) is 9.55. The van der Waals surface area contributed by atoms with Gasteiger partial charge in [0.2, 0.25) is 5.78 Å². The predicted molar refractivity (Wildman–Crippen MR) is 154 cm³/mol. The highest BCUT2D eigenvalue weighted by molar-refractivity contribution is 6.10. The fourth-order valence-corrected chi connectivity index (χ4v) is 4.01. The summed E-state index contributed by atoms with van der Waals surface area (Å²) in [5.41, 5.74) is 4.06. The van der Waals surface area contributed by atoms with E-state index in [1.54, 1.807) is 54.6 Å². The number of alkyl halides is 2. The highest BCUT2D eigenvalue weighted by atomic mass is 19.3. The molecule has 0 heterocycles. The zero-order valence-corrected chi connectivity index (χ0v) is 22.9. The minimum Gasteiger partial charge on any atom is -0.489 e. The van der Waals surface area contributed by atoms with E-state index in [0.29, 0.717) is 23.5 Å². The first kappa shape index (κ1) is 29.9. The van der Waals surface area contributed by atoms with Crippen molar-refractivity contribution >= 4 is 17.8 Å². The van der Waals surface area contributed by atoms with Gasteiger partial charge in [-0.05, 0) is 46.9 Å². The van der Waals surface area contributed by atoms with Crippen molar-refractivity contribution in [2.45, 2.75) is 38.6 Å². The molecule has 42 heavy (non-hydrogen) atoms. The third-order valence-electron chi connectivity index (χ3n) is 6.36. The number of halogens is 2. The molecule has 0 fully saturated rings. The van der Waals surface area contributed by atoms with Gasteiger partial charge in [-0.15, -0.1) is 0 Å². The normalized spacial score (nSPS) is 11.7. The predicted octanol–water partition coefficient (Wildman–Crippen LogP) is 6.07. The Morgan fingerprint density at radius 2 is 1.36 bits per heavy atom. The molecule has 4 rings (SSSR count). The second-order valence-electron chi connectivity index (χ2n) is 9.55. The van der Waals surface area contributed by atoms with E-state index in [1.165, 1.54) is 0 Å². The van der Waals surface area contributed by atoms with Crippen LogP contribution in [0.25, 0.3) is 11.1 Å². The van der Waals surface area contributed by atoms with Crippen molar-refractivity contribution in [3.8, 4) is 16.9 Å². The largest absolute Gasteiger partial charge is 0.489 e. The summed E-state index contributed by atoms with van der Waals surface area (Å²) in [4.78, 5) is 36.5. The lowest BCUT2D eigenvalue weighted by molar-refractivity contribution is -0.159. The summed E-state index contributed by atoms with van der Waals surface area (Å²) in [7, 11) is 0. The molecular formula is C33H30F2N2O5. The molecule has 0 bridgehead atoms. The monoisotopic (exact) mass is 572 g/mol. The summed E-state index contributed by atoms with van der Waals surface area (Å²) in [5.74, 6) is -7.16. The van der Waals surface area contributed by atoms with Crippen LogP contribution in [0.2, 0.25) is 0 Å². The van der Waals surface area contributed by atoms with Gasteiger partial charge in [0.1, 0.15) is 19.0 Å². The molecule has 0 saturated carbocycles. The Balaban J connectivity index is 1.27.